The monoisotopic (exact) mass is 265 g/mol. The van der Waals surface area contributed by atoms with Gasteiger partial charge >= 0.3 is 5.97 Å². The van der Waals surface area contributed by atoms with Crippen LogP contribution in [0.4, 0.5) is 0 Å². The lowest BCUT2D eigenvalue weighted by Crippen LogP contribution is -2.48. The zero-order valence-electron chi connectivity index (χ0n) is 11.8. The van der Waals surface area contributed by atoms with Crippen LogP contribution in [0.3, 0.4) is 0 Å². The highest BCUT2D eigenvalue weighted by atomic mass is 16.5. The quantitative estimate of drug-likeness (QED) is 0.708. The molecule has 0 aliphatic heterocycles. The first-order chi connectivity index (χ1) is 9.03. The Bertz CT molecular complexity index is 392. The molecule has 1 rings (SSSR count). The molecule has 0 aliphatic carbocycles. The van der Waals surface area contributed by atoms with Gasteiger partial charge in [0.25, 0.3) is 0 Å². The van der Waals surface area contributed by atoms with Gasteiger partial charge in [-0.05, 0) is 18.5 Å². The van der Waals surface area contributed by atoms with Gasteiger partial charge in [0.1, 0.15) is 5.54 Å². The molecule has 0 saturated heterocycles. The van der Waals surface area contributed by atoms with Crippen LogP contribution < -0.4 is 5.32 Å². The van der Waals surface area contributed by atoms with Crippen molar-refractivity contribution in [3.8, 4) is 0 Å². The van der Waals surface area contributed by atoms with Crippen molar-refractivity contribution in [2.75, 3.05) is 20.3 Å². The highest BCUT2D eigenvalue weighted by Gasteiger charge is 2.38. The normalized spacial score (nSPS) is 14.3. The molecule has 0 bridgehead atoms. The second kappa shape index (κ2) is 7.26. The smallest absolute Gasteiger partial charge is 0.328 e. The number of likely N-dealkylation sites (N-methyl/N-ethyl adjacent to an activating group) is 1. The number of nitrogens with one attached hydrogen (secondary N) is 1. The number of carbonyl (C=O) groups is 1. The van der Waals surface area contributed by atoms with Crippen molar-refractivity contribution in [3.63, 3.8) is 0 Å². The maximum atomic E-state index is 11.7. The Morgan fingerprint density at radius 3 is 2.47 bits per heavy atom. The number of hydrogen-bond acceptors (Lipinski definition) is 3. The molecular formula is C15H23NO3. The Morgan fingerprint density at radius 1 is 1.37 bits per heavy atom. The second-order valence-electron chi connectivity index (χ2n) is 5.05. The Labute approximate surface area is 114 Å². The highest BCUT2D eigenvalue weighted by molar-refractivity contribution is 5.80. The van der Waals surface area contributed by atoms with Crippen molar-refractivity contribution in [2.45, 2.75) is 25.8 Å². The molecule has 0 fully saturated rings. The molecular weight excluding hydrogens is 242 g/mol. The van der Waals surface area contributed by atoms with Gasteiger partial charge in [0, 0.05) is 19.6 Å². The van der Waals surface area contributed by atoms with Gasteiger partial charge in [-0.1, -0.05) is 44.2 Å². The summed E-state index contributed by atoms with van der Waals surface area (Å²) in [7, 11) is 1.67. The van der Waals surface area contributed by atoms with E-state index in [0.717, 1.165) is 5.56 Å². The lowest BCUT2D eigenvalue weighted by Gasteiger charge is -2.29. The zero-order valence-corrected chi connectivity index (χ0v) is 11.8. The van der Waals surface area contributed by atoms with Crippen molar-refractivity contribution < 1.29 is 14.6 Å². The summed E-state index contributed by atoms with van der Waals surface area (Å²) in [4.78, 5) is 11.7. The molecule has 0 spiro atoms. The Kier molecular flexibility index (Phi) is 5.99. The molecule has 1 aromatic carbocycles. The van der Waals surface area contributed by atoms with Crippen molar-refractivity contribution in [2.24, 2.45) is 5.92 Å². The summed E-state index contributed by atoms with van der Waals surface area (Å²) in [5.41, 5.74) is -0.337. The lowest BCUT2D eigenvalue weighted by molar-refractivity contribution is -0.146. The minimum absolute atomic E-state index is 0.398. The molecule has 4 nitrogen and oxygen atoms in total. The number of hydrogen-bond donors (Lipinski definition) is 2. The van der Waals surface area contributed by atoms with Crippen LogP contribution in [0.1, 0.15) is 25.8 Å². The third kappa shape index (κ3) is 4.04. The largest absolute Gasteiger partial charge is 0.480 e. The van der Waals surface area contributed by atoms with Crippen molar-refractivity contribution in [1.29, 1.82) is 0 Å². The first kappa shape index (κ1) is 15.7. The fraction of sp³-hybridized carbons (Fsp3) is 0.533. The topological polar surface area (TPSA) is 58.6 Å². The van der Waals surface area contributed by atoms with E-state index in [1.165, 1.54) is 0 Å². The average Bonchev–Trinajstić information content (AvgIpc) is 2.39. The van der Waals surface area contributed by atoms with Crippen LogP contribution >= 0.6 is 0 Å². The summed E-state index contributed by atoms with van der Waals surface area (Å²) in [6.07, 6.45) is 0.398. The third-order valence-corrected chi connectivity index (χ3v) is 3.13. The molecule has 1 unspecified atom stereocenters. The zero-order chi connectivity index (χ0) is 14.3. The predicted molar refractivity (Wildman–Crippen MR) is 75.1 cm³/mol. The molecule has 19 heavy (non-hydrogen) atoms. The van der Waals surface area contributed by atoms with Gasteiger partial charge in [-0.2, -0.15) is 0 Å². The molecule has 1 aromatic rings. The predicted octanol–water partition coefficient (Wildman–Crippen LogP) is 2.25. The van der Waals surface area contributed by atoms with Gasteiger partial charge in [-0.3, -0.25) is 0 Å². The number of benzene rings is 1. The second-order valence-corrected chi connectivity index (χ2v) is 5.05. The van der Waals surface area contributed by atoms with E-state index in [1.54, 1.807) is 7.05 Å². The third-order valence-electron chi connectivity index (χ3n) is 3.13. The minimum Gasteiger partial charge on any atom is -0.480 e. The summed E-state index contributed by atoms with van der Waals surface area (Å²) < 4.78 is 5.52. The Hall–Kier alpha value is -1.39. The molecule has 0 radical (unpaired) electrons. The summed E-state index contributed by atoms with van der Waals surface area (Å²) in [6, 6.07) is 9.22. The van der Waals surface area contributed by atoms with Crippen molar-refractivity contribution in [3.05, 3.63) is 35.9 Å². The van der Waals surface area contributed by atoms with Gasteiger partial charge in [-0.15, -0.1) is 0 Å². The fourth-order valence-electron chi connectivity index (χ4n) is 2.02. The number of aliphatic carboxylic acids is 1. The van der Waals surface area contributed by atoms with Crippen LogP contribution in [0.2, 0.25) is 0 Å². The van der Waals surface area contributed by atoms with Gasteiger partial charge in [-0.25, -0.2) is 4.79 Å². The minimum atomic E-state index is -1.09. The van der Waals surface area contributed by atoms with E-state index in [-0.39, 0.29) is 0 Å². The molecule has 0 saturated carbocycles. The number of ether oxygens (including phenoxy) is 1. The molecule has 4 heteroatoms. The number of carboxylic acid groups (broad SMARTS) is 1. The van der Waals surface area contributed by atoms with Crippen molar-refractivity contribution >= 4 is 5.97 Å². The summed E-state index contributed by atoms with van der Waals surface area (Å²) in [6.45, 7) is 5.20. The van der Waals surface area contributed by atoms with E-state index in [9.17, 15) is 9.90 Å². The molecule has 2 N–H and O–H groups in total. The standard InChI is InChI=1S/C15H23NO3/c1-12(2)11-19-10-9-15(16-3,14(17)18)13-7-5-4-6-8-13/h4-8,12,16H,9-11H2,1-3H3,(H,17,18). The van der Waals surface area contributed by atoms with Crippen molar-refractivity contribution in [1.82, 2.24) is 5.32 Å². The van der Waals surface area contributed by atoms with Gasteiger partial charge in [0.2, 0.25) is 0 Å². The molecule has 0 heterocycles. The average molecular weight is 265 g/mol. The molecule has 106 valence electrons. The molecule has 1 atom stereocenters. The maximum Gasteiger partial charge on any atom is 0.328 e. The van der Waals surface area contributed by atoms with E-state index < -0.39 is 11.5 Å². The van der Waals surface area contributed by atoms with E-state index in [0.29, 0.717) is 25.6 Å². The van der Waals surface area contributed by atoms with Crippen LogP contribution in [0.5, 0.6) is 0 Å². The first-order valence-corrected chi connectivity index (χ1v) is 6.58. The van der Waals surface area contributed by atoms with E-state index >= 15 is 0 Å². The van der Waals surface area contributed by atoms with E-state index in [2.05, 4.69) is 19.2 Å². The maximum absolute atomic E-state index is 11.7. The Morgan fingerprint density at radius 2 is 2.00 bits per heavy atom. The first-order valence-electron chi connectivity index (χ1n) is 6.58. The fourth-order valence-corrected chi connectivity index (χ4v) is 2.02. The number of carboxylic acids is 1. The van der Waals surface area contributed by atoms with E-state index in [1.807, 2.05) is 30.3 Å². The summed E-state index contributed by atoms with van der Waals surface area (Å²) in [5.74, 6) is -0.431. The van der Waals surface area contributed by atoms with E-state index in [4.69, 9.17) is 4.74 Å². The van der Waals surface area contributed by atoms with Crippen LogP contribution in [0, 0.1) is 5.92 Å². The van der Waals surface area contributed by atoms with Crippen LogP contribution in [0.25, 0.3) is 0 Å². The van der Waals surface area contributed by atoms with Gasteiger partial charge in [0.15, 0.2) is 0 Å². The van der Waals surface area contributed by atoms with Gasteiger partial charge < -0.3 is 15.2 Å². The SMILES string of the molecule is CNC(CCOCC(C)C)(C(=O)O)c1ccccc1. The number of rotatable bonds is 8. The molecule has 0 aliphatic rings. The summed E-state index contributed by atoms with van der Waals surface area (Å²) in [5, 5.41) is 12.5. The van der Waals surface area contributed by atoms with Crippen LogP contribution in [-0.2, 0) is 15.1 Å². The molecule has 0 aromatic heterocycles. The van der Waals surface area contributed by atoms with Crippen LogP contribution in [0.15, 0.2) is 30.3 Å². The van der Waals surface area contributed by atoms with Gasteiger partial charge in [0.05, 0.1) is 0 Å². The lowest BCUT2D eigenvalue weighted by atomic mass is 9.87. The highest BCUT2D eigenvalue weighted by Crippen LogP contribution is 2.25. The summed E-state index contributed by atoms with van der Waals surface area (Å²) >= 11 is 0. The van der Waals surface area contributed by atoms with Crippen LogP contribution in [-0.4, -0.2) is 31.3 Å². The Balaban J connectivity index is 2.80. The molecule has 0 amide bonds.